The molecule has 0 heterocycles. The van der Waals surface area contributed by atoms with Crippen LogP contribution in [0.25, 0.3) is 0 Å². The Kier molecular flexibility index (Phi) is 7.23. The van der Waals surface area contributed by atoms with E-state index in [1.165, 1.54) is 19.1 Å². The van der Waals surface area contributed by atoms with E-state index in [0.29, 0.717) is 18.1 Å². The third-order valence-electron chi connectivity index (χ3n) is 3.57. The number of carbonyl (C=O) groups is 1. The average molecular weight is 457 g/mol. The molecule has 2 rings (SSSR count). The third kappa shape index (κ3) is 5.95. The largest absolute Gasteiger partial charge is 0.494 e. The third-order valence-corrected chi connectivity index (χ3v) is 5.70. The molecule has 0 saturated carbocycles. The van der Waals surface area contributed by atoms with Crippen molar-refractivity contribution < 1.29 is 22.7 Å². The lowest BCUT2D eigenvalue weighted by atomic mass is 10.2. The van der Waals surface area contributed by atoms with E-state index in [4.69, 9.17) is 9.47 Å². The Labute approximate surface area is 167 Å². The number of hydrazine groups is 1. The van der Waals surface area contributed by atoms with Crippen molar-refractivity contribution in [1.82, 2.24) is 10.3 Å². The molecule has 1 atom stereocenters. The van der Waals surface area contributed by atoms with E-state index >= 15 is 0 Å². The van der Waals surface area contributed by atoms with Crippen LogP contribution in [0.5, 0.6) is 11.5 Å². The van der Waals surface area contributed by atoms with Crippen LogP contribution < -0.4 is 19.7 Å². The number of amides is 1. The summed E-state index contributed by atoms with van der Waals surface area (Å²) in [7, 11) is -3.89. The van der Waals surface area contributed by atoms with Gasteiger partial charge in [0.05, 0.1) is 11.5 Å². The Morgan fingerprint density at radius 2 is 1.78 bits per heavy atom. The van der Waals surface area contributed by atoms with E-state index in [1.54, 1.807) is 37.3 Å². The number of aryl methyl sites for hydroxylation is 1. The first kappa shape index (κ1) is 21.2. The zero-order valence-corrected chi connectivity index (χ0v) is 17.6. The number of hydrogen-bond acceptors (Lipinski definition) is 5. The van der Waals surface area contributed by atoms with Crippen LogP contribution in [-0.4, -0.2) is 27.0 Å². The molecular formula is C18H21BrN2O5S. The molecule has 1 unspecified atom stereocenters. The van der Waals surface area contributed by atoms with Gasteiger partial charge in [0.2, 0.25) is 0 Å². The molecular weight excluding hydrogens is 436 g/mol. The Bertz CT molecular complexity index is 900. The summed E-state index contributed by atoms with van der Waals surface area (Å²) in [5.41, 5.74) is 2.93. The summed E-state index contributed by atoms with van der Waals surface area (Å²) >= 11 is 3.31. The number of benzene rings is 2. The van der Waals surface area contributed by atoms with Gasteiger partial charge in [-0.15, -0.1) is 4.83 Å². The van der Waals surface area contributed by atoms with Crippen molar-refractivity contribution in [1.29, 1.82) is 0 Å². The minimum absolute atomic E-state index is 0.0450. The summed E-state index contributed by atoms with van der Waals surface area (Å²) in [5, 5.41) is 0. The Hall–Kier alpha value is -2.10. The minimum atomic E-state index is -3.89. The van der Waals surface area contributed by atoms with Crippen molar-refractivity contribution in [3.8, 4) is 11.5 Å². The Morgan fingerprint density at radius 3 is 2.37 bits per heavy atom. The fourth-order valence-electron chi connectivity index (χ4n) is 2.10. The van der Waals surface area contributed by atoms with Crippen LogP contribution in [0, 0.1) is 6.92 Å². The number of rotatable bonds is 8. The lowest BCUT2D eigenvalue weighted by Crippen LogP contribution is -2.47. The molecule has 2 N–H and O–H groups in total. The molecule has 0 radical (unpaired) electrons. The molecule has 0 aliphatic heterocycles. The van der Waals surface area contributed by atoms with Gasteiger partial charge in [-0.1, -0.05) is 15.9 Å². The van der Waals surface area contributed by atoms with Crippen molar-refractivity contribution in [3.63, 3.8) is 0 Å². The molecule has 1 amide bonds. The highest BCUT2D eigenvalue weighted by atomic mass is 79.9. The number of nitrogens with one attached hydrogen (secondary N) is 2. The summed E-state index contributed by atoms with van der Waals surface area (Å²) in [6.45, 7) is 5.72. The average Bonchev–Trinajstić information content (AvgIpc) is 2.63. The maximum Gasteiger partial charge on any atom is 0.275 e. The summed E-state index contributed by atoms with van der Waals surface area (Å²) in [6.07, 6.45) is -0.905. The monoisotopic (exact) mass is 456 g/mol. The van der Waals surface area contributed by atoms with Gasteiger partial charge in [0.1, 0.15) is 11.5 Å². The molecule has 7 nitrogen and oxygen atoms in total. The standard InChI is InChI=1S/C18H21BrN2O5S/c1-4-25-14-5-7-15(8-6-14)26-13(3)18(22)20-21-27(23,24)16-9-10-17(19)12(2)11-16/h5-11,13,21H,4H2,1-3H3,(H,20,22). The van der Waals surface area contributed by atoms with E-state index in [0.717, 1.165) is 10.0 Å². The van der Waals surface area contributed by atoms with E-state index in [-0.39, 0.29) is 4.90 Å². The van der Waals surface area contributed by atoms with E-state index < -0.39 is 22.0 Å². The second-order valence-corrected chi connectivity index (χ2v) is 8.21. The molecule has 146 valence electrons. The van der Waals surface area contributed by atoms with Crippen molar-refractivity contribution >= 4 is 31.9 Å². The number of hydrogen-bond donors (Lipinski definition) is 2. The molecule has 0 aliphatic rings. The Balaban J connectivity index is 1.94. The second kappa shape index (κ2) is 9.20. The molecule has 27 heavy (non-hydrogen) atoms. The van der Waals surface area contributed by atoms with Crippen LogP contribution in [0.2, 0.25) is 0 Å². The van der Waals surface area contributed by atoms with E-state index in [9.17, 15) is 13.2 Å². The highest BCUT2D eigenvalue weighted by molar-refractivity contribution is 9.10. The van der Waals surface area contributed by atoms with Gasteiger partial charge < -0.3 is 9.47 Å². The quantitative estimate of drug-likeness (QED) is 0.595. The molecule has 0 aliphatic carbocycles. The highest BCUT2D eigenvalue weighted by Gasteiger charge is 2.19. The summed E-state index contributed by atoms with van der Waals surface area (Å²) in [6, 6.07) is 11.4. The zero-order chi connectivity index (χ0) is 20.0. The van der Waals surface area contributed by atoms with E-state index in [1.807, 2.05) is 6.92 Å². The van der Waals surface area contributed by atoms with Crippen LogP contribution in [0.4, 0.5) is 0 Å². The molecule has 0 spiro atoms. The van der Waals surface area contributed by atoms with Crippen molar-refractivity contribution in [2.45, 2.75) is 31.8 Å². The van der Waals surface area contributed by atoms with Gasteiger partial charge >= 0.3 is 0 Å². The fraction of sp³-hybridized carbons (Fsp3) is 0.278. The molecule has 0 aromatic heterocycles. The maximum absolute atomic E-state index is 12.3. The molecule has 0 bridgehead atoms. The van der Waals surface area contributed by atoms with Gasteiger partial charge in [-0.05, 0) is 68.8 Å². The van der Waals surface area contributed by atoms with Crippen molar-refractivity contribution in [2.24, 2.45) is 0 Å². The summed E-state index contributed by atoms with van der Waals surface area (Å²) in [4.78, 5) is 14.2. The Morgan fingerprint density at radius 1 is 1.15 bits per heavy atom. The van der Waals surface area contributed by atoms with Gasteiger partial charge in [-0.25, -0.2) is 8.42 Å². The topological polar surface area (TPSA) is 93.7 Å². The first-order chi connectivity index (χ1) is 12.7. The van der Waals surface area contributed by atoms with Crippen molar-refractivity contribution in [3.05, 3.63) is 52.5 Å². The fourth-order valence-corrected chi connectivity index (χ4v) is 3.28. The molecule has 9 heteroatoms. The lowest BCUT2D eigenvalue weighted by molar-refractivity contribution is -0.127. The normalized spacial score (nSPS) is 12.3. The van der Waals surface area contributed by atoms with Gasteiger partial charge in [0.15, 0.2) is 6.10 Å². The lowest BCUT2D eigenvalue weighted by Gasteiger charge is -2.16. The number of carbonyl (C=O) groups excluding carboxylic acids is 1. The second-order valence-electron chi connectivity index (χ2n) is 5.67. The first-order valence-corrected chi connectivity index (χ1v) is 10.5. The number of ether oxygens (including phenoxy) is 2. The molecule has 0 saturated heterocycles. The van der Waals surface area contributed by atoms with Crippen LogP contribution >= 0.6 is 15.9 Å². The van der Waals surface area contributed by atoms with Gasteiger partial charge in [-0.3, -0.25) is 10.2 Å². The van der Waals surface area contributed by atoms with E-state index in [2.05, 4.69) is 26.2 Å². The van der Waals surface area contributed by atoms with Crippen LogP contribution in [0.3, 0.4) is 0 Å². The maximum atomic E-state index is 12.3. The number of halogens is 1. The summed E-state index contributed by atoms with van der Waals surface area (Å²) in [5.74, 6) is 0.535. The SMILES string of the molecule is CCOc1ccc(OC(C)C(=O)NNS(=O)(=O)c2ccc(Br)c(C)c2)cc1. The van der Waals surface area contributed by atoms with Crippen molar-refractivity contribution in [2.75, 3.05) is 6.61 Å². The van der Waals surface area contributed by atoms with Gasteiger partial charge in [-0.2, -0.15) is 0 Å². The predicted molar refractivity (Wildman–Crippen MR) is 105 cm³/mol. The molecule has 2 aromatic carbocycles. The van der Waals surface area contributed by atoms with Gasteiger partial charge in [0.25, 0.3) is 15.9 Å². The smallest absolute Gasteiger partial charge is 0.275 e. The van der Waals surface area contributed by atoms with Gasteiger partial charge in [0, 0.05) is 4.47 Å². The minimum Gasteiger partial charge on any atom is -0.494 e. The predicted octanol–water partition coefficient (Wildman–Crippen LogP) is 2.93. The number of sulfonamides is 1. The molecule has 0 fully saturated rings. The van der Waals surface area contributed by atoms with Crippen LogP contribution in [0.15, 0.2) is 51.8 Å². The summed E-state index contributed by atoms with van der Waals surface area (Å²) < 4.78 is 36.2. The van der Waals surface area contributed by atoms with Crippen LogP contribution in [-0.2, 0) is 14.8 Å². The first-order valence-electron chi connectivity index (χ1n) is 8.20. The molecule has 2 aromatic rings. The zero-order valence-electron chi connectivity index (χ0n) is 15.2. The highest BCUT2D eigenvalue weighted by Crippen LogP contribution is 2.20. The van der Waals surface area contributed by atoms with Crippen LogP contribution in [0.1, 0.15) is 19.4 Å².